The molecule has 0 unspecified atom stereocenters. The summed E-state index contributed by atoms with van der Waals surface area (Å²) in [4.78, 5) is 19.8. The van der Waals surface area contributed by atoms with Gasteiger partial charge in [-0.2, -0.15) is 0 Å². The Kier molecular flexibility index (Phi) is 5.00. The molecule has 4 rings (SSSR count). The van der Waals surface area contributed by atoms with E-state index in [2.05, 4.69) is 28.2 Å². The van der Waals surface area contributed by atoms with Crippen molar-refractivity contribution in [3.63, 3.8) is 0 Å². The first-order valence-corrected chi connectivity index (χ1v) is 9.77. The average Bonchev–Trinajstić information content (AvgIpc) is 3.13. The van der Waals surface area contributed by atoms with Gasteiger partial charge in [0.25, 0.3) is 5.91 Å². The van der Waals surface area contributed by atoms with Crippen LogP contribution in [0.25, 0.3) is 10.2 Å². The zero-order valence-corrected chi connectivity index (χ0v) is 16.0. The van der Waals surface area contributed by atoms with E-state index >= 15 is 0 Å². The third kappa shape index (κ3) is 3.64. The zero-order chi connectivity index (χ0) is 18.1. The highest BCUT2D eigenvalue weighted by Crippen LogP contribution is 2.32. The quantitative estimate of drug-likeness (QED) is 0.700. The molecular weight excluding hydrogens is 370 g/mol. The van der Waals surface area contributed by atoms with E-state index in [0.29, 0.717) is 16.4 Å². The zero-order valence-electron chi connectivity index (χ0n) is 14.5. The summed E-state index contributed by atoms with van der Waals surface area (Å²) in [6, 6.07) is 9.29. The van der Waals surface area contributed by atoms with Crippen molar-refractivity contribution < 1.29 is 9.53 Å². The number of nitrogens with zero attached hydrogens (tertiary/aromatic N) is 1. The first-order valence-electron chi connectivity index (χ1n) is 8.58. The van der Waals surface area contributed by atoms with Gasteiger partial charge in [0.1, 0.15) is 5.69 Å². The molecule has 3 aromatic rings. The van der Waals surface area contributed by atoms with E-state index in [0.717, 1.165) is 48.6 Å². The van der Waals surface area contributed by atoms with Gasteiger partial charge in [-0.15, -0.1) is 11.3 Å². The minimum atomic E-state index is -0.142. The Labute approximate surface area is 160 Å². The molecule has 0 bridgehead atoms. The van der Waals surface area contributed by atoms with Crippen molar-refractivity contribution >= 4 is 44.7 Å². The van der Waals surface area contributed by atoms with E-state index in [-0.39, 0.29) is 5.91 Å². The number of H-pyrrole nitrogens is 1. The normalized spacial score (nSPS) is 15.5. The number of nitrogens with one attached hydrogen (secondary N) is 2. The summed E-state index contributed by atoms with van der Waals surface area (Å²) in [5.74, 6) is -0.142. The molecule has 136 valence electrons. The smallest absolute Gasteiger partial charge is 0.272 e. The van der Waals surface area contributed by atoms with E-state index in [1.165, 1.54) is 4.88 Å². The number of aromatic amines is 1. The largest absolute Gasteiger partial charge is 0.379 e. The van der Waals surface area contributed by atoms with Crippen LogP contribution in [0, 0.1) is 6.92 Å². The van der Waals surface area contributed by atoms with E-state index in [1.54, 1.807) is 23.5 Å². The number of carbonyl (C=O) groups is 1. The maximum atomic E-state index is 12.9. The van der Waals surface area contributed by atoms with Crippen molar-refractivity contribution in [1.29, 1.82) is 0 Å². The van der Waals surface area contributed by atoms with E-state index in [1.807, 2.05) is 12.1 Å². The monoisotopic (exact) mass is 389 g/mol. The SMILES string of the molecule is Cc1cc2[nH]c(C(=O)Nc3cccc(Cl)c3)c(CN3CCOCC3)c2s1. The fourth-order valence-corrected chi connectivity index (χ4v) is 4.44. The number of fused-ring (bicyclic) bond motifs is 1. The van der Waals surface area contributed by atoms with Crippen molar-refractivity contribution in [3.05, 3.63) is 51.5 Å². The van der Waals surface area contributed by atoms with Crippen LogP contribution in [-0.4, -0.2) is 42.1 Å². The van der Waals surface area contributed by atoms with Crippen molar-refractivity contribution in [2.75, 3.05) is 31.6 Å². The first-order chi connectivity index (χ1) is 12.6. The molecule has 2 N–H and O–H groups in total. The maximum Gasteiger partial charge on any atom is 0.272 e. The summed E-state index contributed by atoms with van der Waals surface area (Å²) >= 11 is 7.75. The summed E-state index contributed by atoms with van der Waals surface area (Å²) in [5.41, 5.74) is 3.39. The summed E-state index contributed by atoms with van der Waals surface area (Å²) in [7, 11) is 0. The minimum Gasteiger partial charge on any atom is -0.379 e. The molecule has 0 atom stereocenters. The molecule has 0 radical (unpaired) electrons. The van der Waals surface area contributed by atoms with Crippen molar-refractivity contribution in [2.45, 2.75) is 13.5 Å². The van der Waals surface area contributed by atoms with Crippen LogP contribution in [0.1, 0.15) is 20.9 Å². The number of aryl methyl sites for hydroxylation is 1. The van der Waals surface area contributed by atoms with Crippen LogP contribution in [0.2, 0.25) is 5.02 Å². The Bertz CT molecular complexity index is 944. The molecule has 1 aromatic carbocycles. The van der Waals surface area contributed by atoms with Crippen molar-refractivity contribution in [1.82, 2.24) is 9.88 Å². The molecule has 5 nitrogen and oxygen atoms in total. The van der Waals surface area contributed by atoms with Crippen LogP contribution in [0.4, 0.5) is 5.69 Å². The van der Waals surface area contributed by atoms with Gasteiger partial charge in [0.2, 0.25) is 0 Å². The summed E-state index contributed by atoms with van der Waals surface area (Å²) in [5, 5.41) is 3.55. The van der Waals surface area contributed by atoms with Gasteiger partial charge in [-0.1, -0.05) is 17.7 Å². The number of carbonyl (C=O) groups excluding carboxylic acids is 1. The fraction of sp³-hybridized carbons (Fsp3) is 0.316. The number of hydrogen-bond acceptors (Lipinski definition) is 4. The van der Waals surface area contributed by atoms with Crippen LogP contribution in [0.5, 0.6) is 0 Å². The Morgan fingerprint density at radius 2 is 2.15 bits per heavy atom. The van der Waals surface area contributed by atoms with Crippen LogP contribution >= 0.6 is 22.9 Å². The molecule has 26 heavy (non-hydrogen) atoms. The van der Waals surface area contributed by atoms with Crippen molar-refractivity contribution in [3.8, 4) is 0 Å². The molecule has 1 amide bonds. The summed E-state index contributed by atoms with van der Waals surface area (Å²) < 4.78 is 6.60. The number of ether oxygens (including phenoxy) is 1. The molecule has 1 aliphatic rings. The van der Waals surface area contributed by atoms with Crippen LogP contribution in [0.3, 0.4) is 0 Å². The Balaban J connectivity index is 1.65. The molecular formula is C19H20ClN3O2S. The number of thiophene rings is 1. The number of rotatable bonds is 4. The Morgan fingerprint density at radius 3 is 2.92 bits per heavy atom. The molecule has 2 aromatic heterocycles. The number of anilines is 1. The van der Waals surface area contributed by atoms with Gasteiger partial charge in [0.05, 0.1) is 23.4 Å². The highest BCUT2D eigenvalue weighted by Gasteiger charge is 2.22. The van der Waals surface area contributed by atoms with E-state index in [9.17, 15) is 4.79 Å². The standard InChI is InChI=1S/C19H20ClN3O2S/c1-12-9-16-18(26-12)15(11-23-5-7-25-8-6-23)17(22-16)19(24)21-14-4-2-3-13(20)10-14/h2-4,9-10,22H,5-8,11H2,1H3,(H,21,24). The van der Waals surface area contributed by atoms with Gasteiger partial charge in [0, 0.05) is 40.8 Å². The topological polar surface area (TPSA) is 57.4 Å². The number of halogens is 1. The second-order valence-electron chi connectivity index (χ2n) is 6.43. The number of amides is 1. The third-order valence-corrected chi connectivity index (χ3v) is 5.83. The molecule has 0 saturated carbocycles. The van der Waals surface area contributed by atoms with E-state index < -0.39 is 0 Å². The fourth-order valence-electron chi connectivity index (χ4n) is 3.24. The predicted octanol–water partition coefficient (Wildman–Crippen LogP) is 4.28. The molecule has 0 spiro atoms. The lowest BCUT2D eigenvalue weighted by Gasteiger charge is -2.26. The molecule has 0 aliphatic carbocycles. The Morgan fingerprint density at radius 1 is 1.35 bits per heavy atom. The minimum absolute atomic E-state index is 0.142. The molecule has 1 saturated heterocycles. The lowest BCUT2D eigenvalue weighted by molar-refractivity contribution is 0.0343. The second-order valence-corrected chi connectivity index (χ2v) is 8.12. The van der Waals surface area contributed by atoms with Gasteiger partial charge >= 0.3 is 0 Å². The van der Waals surface area contributed by atoms with Crippen LogP contribution in [-0.2, 0) is 11.3 Å². The lowest BCUT2D eigenvalue weighted by Crippen LogP contribution is -2.36. The van der Waals surface area contributed by atoms with Crippen LogP contribution < -0.4 is 5.32 Å². The average molecular weight is 390 g/mol. The highest BCUT2D eigenvalue weighted by atomic mass is 35.5. The number of morpholine rings is 1. The molecule has 1 fully saturated rings. The number of hydrogen-bond donors (Lipinski definition) is 2. The maximum absolute atomic E-state index is 12.9. The third-order valence-electron chi connectivity index (χ3n) is 4.49. The number of aromatic nitrogens is 1. The Hall–Kier alpha value is -1.86. The first kappa shape index (κ1) is 17.5. The molecule has 3 heterocycles. The van der Waals surface area contributed by atoms with Gasteiger partial charge in [0.15, 0.2) is 0 Å². The predicted molar refractivity (Wildman–Crippen MR) is 106 cm³/mol. The lowest BCUT2D eigenvalue weighted by atomic mass is 10.2. The van der Waals surface area contributed by atoms with Gasteiger partial charge in [-0.3, -0.25) is 9.69 Å². The van der Waals surface area contributed by atoms with Gasteiger partial charge in [-0.25, -0.2) is 0 Å². The summed E-state index contributed by atoms with van der Waals surface area (Å²) in [6.45, 7) is 6.06. The van der Waals surface area contributed by atoms with Gasteiger partial charge < -0.3 is 15.0 Å². The molecule has 1 aliphatic heterocycles. The number of benzene rings is 1. The van der Waals surface area contributed by atoms with E-state index in [4.69, 9.17) is 16.3 Å². The second kappa shape index (κ2) is 7.40. The van der Waals surface area contributed by atoms with Gasteiger partial charge in [-0.05, 0) is 31.2 Å². The van der Waals surface area contributed by atoms with Crippen LogP contribution in [0.15, 0.2) is 30.3 Å². The summed E-state index contributed by atoms with van der Waals surface area (Å²) in [6.07, 6.45) is 0. The highest BCUT2D eigenvalue weighted by molar-refractivity contribution is 7.19. The molecule has 7 heteroatoms. The van der Waals surface area contributed by atoms with Crippen molar-refractivity contribution in [2.24, 2.45) is 0 Å².